The van der Waals surface area contributed by atoms with E-state index in [-0.39, 0.29) is 11.8 Å². The quantitative estimate of drug-likeness (QED) is 0.342. The summed E-state index contributed by atoms with van der Waals surface area (Å²) in [5.74, 6) is 1.05. The van der Waals surface area contributed by atoms with Gasteiger partial charge in [-0.25, -0.2) is 15.0 Å². The van der Waals surface area contributed by atoms with Crippen molar-refractivity contribution in [2.45, 2.75) is 25.8 Å². The van der Waals surface area contributed by atoms with E-state index in [4.69, 9.17) is 9.97 Å². The number of nitrogens with one attached hydrogen (secondary N) is 4. The van der Waals surface area contributed by atoms with Crippen molar-refractivity contribution in [1.29, 1.82) is 0 Å². The summed E-state index contributed by atoms with van der Waals surface area (Å²) < 4.78 is 0. The molecule has 4 rings (SSSR count). The van der Waals surface area contributed by atoms with Crippen LogP contribution < -0.4 is 21.4 Å². The monoisotopic (exact) mass is 487 g/mol. The van der Waals surface area contributed by atoms with E-state index in [1.165, 1.54) is 13.8 Å². The molecule has 9 nitrogen and oxygen atoms in total. The maximum absolute atomic E-state index is 12.2. The van der Waals surface area contributed by atoms with Crippen molar-refractivity contribution < 1.29 is 9.59 Å². The van der Waals surface area contributed by atoms with E-state index >= 15 is 0 Å². The van der Waals surface area contributed by atoms with Gasteiger partial charge in [0.1, 0.15) is 5.82 Å². The number of hydrazine groups is 1. The van der Waals surface area contributed by atoms with Crippen LogP contribution in [0, 0.1) is 0 Å². The molecule has 1 fully saturated rings. The Morgan fingerprint density at radius 3 is 2.39 bits per heavy atom. The van der Waals surface area contributed by atoms with Gasteiger partial charge in [0.15, 0.2) is 5.82 Å². The van der Waals surface area contributed by atoms with Gasteiger partial charge in [-0.3, -0.25) is 15.0 Å². The predicted molar refractivity (Wildman–Crippen MR) is 140 cm³/mol. The summed E-state index contributed by atoms with van der Waals surface area (Å²) in [6, 6.07) is 22.0. The number of carbonyl (C=O) groups excluding carboxylic acids is 2. The fraction of sp³-hybridized carbons (Fsp3) is 0.333. The van der Waals surface area contributed by atoms with Gasteiger partial charge in [-0.2, -0.15) is 0 Å². The zero-order valence-electron chi connectivity index (χ0n) is 20.8. The van der Waals surface area contributed by atoms with Crippen molar-refractivity contribution in [2.24, 2.45) is 0 Å². The zero-order valence-corrected chi connectivity index (χ0v) is 20.8. The van der Waals surface area contributed by atoms with E-state index in [9.17, 15) is 9.59 Å². The summed E-state index contributed by atoms with van der Waals surface area (Å²) in [7, 11) is 0. The van der Waals surface area contributed by atoms with Gasteiger partial charge < -0.3 is 16.0 Å². The van der Waals surface area contributed by atoms with Gasteiger partial charge in [-0.15, -0.1) is 0 Å². The van der Waals surface area contributed by atoms with Gasteiger partial charge in [-0.1, -0.05) is 60.7 Å². The van der Waals surface area contributed by atoms with Crippen LogP contribution in [0.1, 0.15) is 25.1 Å². The molecule has 2 amide bonds. The van der Waals surface area contributed by atoms with E-state index < -0.39 is 5.54 Å². The first kappa shape index (κ1) is 25.3. The van der Waals surface area contributed by atoms with Crippen LogP contribution in [0.15, 0.2) is 66.7 Å². The molecule has 0 radical (unpaired) electrons. The molecule has 1 unspecified atom stereocenters. The Labute approximate surface area is 211 Å². The third kappa shape index (κ3) is 6.24. The minimum atomic E-state index is -0.647. The zero-order chi connectivity index (χ0) is 25.4. The number of nitrogens with zero attached hydrogens (tertiary/aromatic N) is 3. The Morgan fingerprint density at radius 1 is 0.972 bits per heavy atom. The summed E-state index contributed by atoms with van der Waals surface area (Å²) in [6.07, 6.45) is 0.637. The van der Waals surface area contributed by atoms with E-state index in [2.05, 4.69) is 33.5 Å². The number of carbonyl (C=O) groups is 2. The number of aromatic nitrogens is 2. The number of amides is 2. The second-order valence-electron chi connectivity index (χ2n) is 8.93. The molecule has 188 valence electrons. The average Bonchev–Trinajstić information content (AvgIpc) is 2.88. The van der Waals surface area contributed by atoms with Crippen molar-refractivity contribution >= 4 is 17.6 Å². The molecule has 36 heavy (non-hydrogen) atoms. The van der Waals surface area contributed by atoms with Crippen LogP contribution >= 0.6 is 0 Å². The molecule has 2 aromatic carbocycles. The number of hydrogen-bond donors (Lipinski definition) is 4. The molecular weight excluding hydrogens is 454 g/mol. The maximum Gasteiger partial charge on any atom is 0.231 e. The molecule has 2 heterocycles. The highest BCUT2D eigenvalue weighted by Gasteiger charge is 2.43. The number of hydrogen-bond acceptors (Lipinski definition) is 7. The Kier molecular flexibility index (Phi) is 8.24. The van der Waals surface area contributed by atoms with Crippen molar-refractivity contribution in [3.63, 3.8) is 0 Å². The molecule has 0 aliphatic carbocycles. The fourth-order valence-corrected chi connectivity index (χ4v) is 4.48. The molecule has 1 aliphatic heterocycles. The molecular formula is C27H33N7O2. The molecule has 0 spiro atoms. The third-order valence-electron chi connectivity index (χ3n) is 6.12. The van der Waals surface area contributed by atoms with Crippen LogP contribution in [-0.4, -0.2) is 59.5 Å². The minimum Gasteiger partial charge on any atom is -0.368 e. The fourth-order valence-electron chi connectivity index (χ4n) is 4.48. The Hall–Kier alpha value is -3.82. The summed E-state index contributed by atoms with van der Waals surface area (Å²) in [5, 5.41) is 11.7. The SMILES string of the molecule is CC(=O)NCCNc1cc(C2(Cc3ccccc3)CNCCN2NC(C)=O)nc(-c2ccccc2)n1. The maximum atomic E-state index is 12.2. The van der Waals surface area contributed by atoms with Crippen LogP contribution in [0.25, 0.3) is 11.4 Å². The average molecular weight is 488 g/mol. The molecule has 4 N–H and O–H groups in total. The van der Waals surface area contributed by atoms with E-state index in [1.807, 2.05) is 59.6 Å². The lowest BCUT2D eigenvalue weighted by Gasteiger charge is -2.47. The van der Waals surface area contributed by atoms with Crippen molar-refractivity contribution in [3.8, 4) is 11.4 Å². The van der Waals surface area contributed by atoms with Gasteiger partial charge >= 0.3 is 0 Å². The van der Waals surface area contributed by atoms with E-state index in [0.29, 0.717) is 44.2 Å². The molecule has 0 saturated carbocycles. The Bertz CT molecular complexity index is 1170. The van der Waals surface area contributed by atoms with Gasteiger partial charge in [0.25, 0.3) is 0 Å². The van der Waals surface area contributed by atoms with Crippen LogP contribution in [-0.2, 0) is 21.5 Å². The molecule has 1 aromatic heterocycles. The van der Waals surface area contributed by atoms with Gasteiger partial charge in [0.2, 0.25) is 11.8 Å². The number of anilines is 1. The summed E-state index contributed by atoms with van der Waals surface area (Å²) in [5.41, 5.74) is 5.24. The first-order valence-electron chi connectivity index (χ1n) is 12.2. The van der Waals surface area contributed by atoms with Crippen LogP contribution in [0.2, 0.25) is 0 Å². The smallest absolute Gasteiger partial charge is 0.231 e. The summed E-state index contributed by atoms with van der Waals surface area (Å²) in [6.45, 7) is 5.99. The van der Waals surface area contributed by atoms with E-state index in [1.54, 1.807) is 0 Å². The minimum absolute atomic E-state index is 0.0776. The largest absolute Gasteiger partial charge is 0.368 e. The summed E-state index contributed by atoms with van der Waals surface area (Å²) >= 11 is 0. The van der Waals surface area contributed by atoms with Crippen LogP contribution in [0.3, 0.4) is 0 Å². The molecule has 1 aliphatic rings. The lowest BCUT2D eigenvalue weighted by Crippen LogP contribution is -2.65. The molecule has 0 bridgehead atoms. The Balaban J connectivity index is 1.80. The van der Waals surface area contributed by atoms with Gasteiger partial charge in [0, 0.05) is 58.2 Å². The first-order valence-corrected chi connectivity index (χ1v) is 12.2. The number of benzene rings is 2. The first-order chi connectivity index (χ1) is 17.5. The van der Waals surface area contributed by atoms with Crippen LogP contribution in [0.4, 0.5) is 5.82 Å². The number of piperazine rings is 1. The highest BCUT2D eigenvalue weighted by Crippen LogP contribution is 2.34. The van der Waals surface area contributed by atoms with Crippen LogP contribution in [0.5, 0.6) is 0 Å². The topological polar surface area (TPSA) is 111 Å². The van der Waals surface area contributed by atoms with Gasteiger partial charge in [0.05, 0.1) is 11.2 Å². The highest BCUT2D eigenvalue weighted by molar-refractivity contribution is 5.73. The lowest BCUT2D eigenvalue weighted by atomic mass is 9.84. The second kappa shape index (κ2) is 11.7. The van der Waals surface area contributed by atoms with Crippen molar-refractivity contribution in [1.82, 2.24) is 31.0 Å². The second-order valence-corrected chi connectivity index (χ2v) is 8.93. The Morgan fingerprint density at radius 2 is 1.69 bits per heavy atom. The number of rotatable bonds is 9. The molecule has 1 saturated heterocycles. The molecule has 1 atom stereocenters. The summed E-state index contributed by atoms with van der Waals surface area (Å²) in [4.78, 5) is 33.3. The van der Waals surface area contributed by atoms with Gasteiger partial charge in [-0.05, 0) is 12.0 Å². The predicted octanol–water partition coefficient (Wildman–Crippen LogP) is 2.09. The third-order valence-corrected chi connectivity index (χ3v) is 6.12. The standard InChI is InChI=1S/C27H33N7O2/c1-20(35)29-13-14-30-25-17-24(31-26(32-25)23-11-7-4-8-12-23)27(18-22-9-5-3-6-10-22)19-28-15-16-34(27)33-21(2)36/h3-12,17,28H,13-16,18-19H2,1-2H3,(H,29,35)(H,33,36)(H,30,31,32). The molecule has 9 heteroatoms. The van der Waals surface area contributed by atoms with Crippen molar-refractivity contribution in [2.75, 3.05) is 38.0 Å². The normalized spacial score (nSPS) is 17.8. The lowest BCUT2D eigenvalue weighted by molar-refractivity contribution is -0.128. The van der Waals surface area contributed by atoms with E-state index in [0.717, 1.165) is 23.4 Å². The van der Waals surface area contributed by atoms with Crippen molar-refractivity contribution in [3.05, 3.63) is 78.0 Å². The molecule has 3 aromatic rings. The highest BCUT2D eigenvalue weighted by atomic mass is 16.2.